The first kappa shape index (κ1) is 33.2. The summed E-state index contributed by atoms with van der Waals surface area (Å²) in [6.45, 7) is 5.67. The topological polar surface area (TPSA) is 267 Å². The van der Waals surface area contributed by atoms with Crippen LogP contribution in [0.3, 0.4) is 0 Å². The molecule has 0 aromatic rings. The van der Waals surface area contributed by atoms with Crippen molar-refractivity contribution in [1.82, 2.24) is 0 Å². The summed E-state index contributed by atoms with van der Waals surface area (Å²) >= 11 is 0. The number of rotatable bonds is 6. The van der Waals surface area contributed by atoms with Crippen molar-refractivity contribution in [1.29, 1.82) is 0 Å². The lowest BCUT2D eigenvalue weighted by Gasteiger charge is -2.48. The molecule has 10 N–H and O–H groups in total. The molecule has 17 nitrogen and oxygen atoms in total. The van der Waals surface area contributed by atoms with Crippen LogP contribution in [-0.4, -0.2) is 174 Å². The first-order chi connectivity index (χ1) is 19.1. The Morgan fingerprint density at radius 3 is 1.32 bits per heavy atom. The standard InChI is InChI=1S/C24H42O17/c1-5-10(26)14(30)19(21(34)35-5)40-24-20(15(31)11(27)7(3)38-24)41-23-17(33)18(12(28)8(4)37-23)39-22-16(32)13(29)9(25)6(2)36-22/h5-34H,1-4H3/t5-,6-,7-,8-,9-,10-,11-,12-,13+,14+,15+,16+,17+,18+,19+,20+,21+,22-,23-,24-/m0/s1. The van der Waals surface area contributed by atoms with Gasteiger partial charge in [0.25, 0.3) is 0 Å². The van der Waals surface area contributed by atoms with Crippen molar-refractivity contribution in [3.8, 4) is 0 Å². The second-order valence-corrected chi connectivity index (χ2v) is 11.1. The van der Waals surface area contributed by atoms with Gasteiger partial charge in [-0.2, -0.15) is 0 Å². The van der Waals surface area contributed by atoms with Gasteiger partial charge < -0.3 is 84.2 Å². The zero-order valence-corrected chi connectivity index (χ0v) is 22.9. The molecule has 4 aliphatic rings. The van der Waals surface area contributed by atoms with Crippen LogP contribution in [0.5, 0.6) is 0 Å². The van der Waals surface area contributed by atoms with E-state index >= 15 is 0 Å². The molecule has 0 bridgehead atoms. The predicted molar refractivity (Wildman–Crippen MR) is 128 cm³/mol. The van der Waals surface area contributed by atoms with E-state index in [1.54, 1.807) is 0 Å². The molecule has 0 spiro atoms. The molecule has 41 heavy (non-hydrogen) atoms. The molecule has 4 saturated heterocycles. The predicted octanol–water partition coefficient (Wildman–Crippen LogP) is -5.64. The maximum Gasteiger partial charge on any atom is 0.187 e. The zero-order chi connectivity index (χ0) is 30.5. The summed E-state index contributed by atoms with van der Waals surface area (Å²) in [7, 11) is 0. The van der Waals surface area contributed by atoms with Crippen LogP contribution in [0.15, 0.2) is 0 Å². The molecule has 0 aromatic carbocycles. The minimum Gasteiger partial charge on any atom is -0.388 e. The van der Waals surface area contributed by atoms with Crippen LogP contribution < -0.4 is 0 Å². The molecule has 4 fully saturated rings. The van der Waals surface area contributed by atoms with Crippen molar-refractivity contribution < 1.29 is 84.2 Å². The Kier molecular flexibility index (Phi) is 10.6. The summed E-state index contributed by atoms with van der Waals surface area (Å²) < 4.78 is 38.9. The van der Waals surface area contributed by atoms with Gasteiger partial charge in [-0.25, -0.2) is 0 Å². The Bertz CT molecular complexity index is 853. The molecule has 240 valence electrons. The maximum atomic E-state index is 11.1. The molecule has 0 saturated carbocycles. The quantitative estimate of drug-likeness (QED) is 0.136. The highest BCUT2D eigenvalue weighted by molar-refractivity contribution is 4.96. The molecule has 0 radical (unpaired) electrons. The van der Waals surface area contributed by atoms with Gasteiger partial charge in [-0.15, -0.1) is 0 Å². The molecular weight excluding hydrogens is 560 g/mol. The third-order valence-corrected chi connectivity index (χ3v) is 8.05. The largest absolute Gasteiger partial charge is 0.388 e. The Morgan fingerprint density at radius 2 is 0.732 bits per heavy atom. The number of aliphatic hydroxyl groups excluding tert-OH is 10. The molecule has 4 heterocycles. The van der Waals surface area contributed by atoms with Crippen LogP contribution >= 0.6 is 0 Å². The molecule has 0 aromatic heterocycles. The monoisotopic (exact) mass is 602 g/mol. The molecule has 0 unspecified atom stereocenters. The lowest BCUT2D eigenvalue weighted by atomic mass is 9.96. The minimum atomic E-state index is -1.82. The van der Waals surface area contributed by atoms with Crippen molar-refractivity contribution in [2.24, 2.45) is 0 Å². The van der Waals surface area contributed by atoms with Gasteiger partial charge in [0.2, 0.25) is 0 Å². The van der Waals surface area contributed by atoms with Crippen molar-refractivity contribution in [2.75, 3.05) is 0 Å². The van der Waals surface area contributed by atoms with E-state index in [4.69, 9.17) is 33.2 Å². The zero-order valence-electron chi connectivity index (χ0n) is 22.9. The van der Waals surface area contributed by atoms with Gasteiger partial charge in [-0.1, -0.05) is 0 Å². The summed E-state index contributed by atoms with van der Waals surface area (Å²) in [5.74, 6) is 0. The Hall–Kier alpha value is -0.680. The van der Waals surface area contributed by atoms with E-state index in [0.717, 1.165) is 0 Å². The summed E-state index contributed by atoms with van der Waals surface area (Å²) in [6, 6.07) is 0. The van der Waals surface area contributed by atoms with Gasteiger partial charge in [0, 0.05) is 0 Å². The highest BCUT2D eigenvalue weighted by Crippen LogP contribution is 2.34. The van der Waals surface area contributed by atoms with Crippen LogP contribution in [0.25, 0.3) is 0 Å². The second-order valence-electron chi connectivity index (χ2n) is 11.1. The van der Waals surface area contributed by atoms with Gasteiger partial charge in [0.15, 0.2) is 25.2 Å². The van der Waals surface area contributed by atoms with Crippen LogP contribution in [0.4, 0.5) is 0 Å². The van der Waals surface area contributed by atoms with Gasteiger partial charge in [-0.05, 0) is 27.7 Å². The fourth-order valence-electron chi connectivity index (χ4n) is 5.28. The molecule has 0 amide bonds. The van der Waals surface area contributed by atoms with Crippen molar-refractivity contribution in [3.63, 3.8) is 0 Å². The lowest BCUT2D eigenvalue weighted by molar-refractivity contribution is -0.394. The normalized spacial score (nSPS) is 56.9. The lowest BCUT2D eigenvalue weighted by Crippen LogP contribution is -2.66. The van der Waals surface area contributed by atoms with E-state index in [1.165, 1.54) is 27.7 Å². The first-order valence-electron chi connectivity index (χ1n) is 13.5. The Balaban J connectivity index is 1.52. The fourth-order valence-corrected chi connectivity index (χ4v) is 5.28. The summed E-state index contributed by atoms with van der Waals surface area (Å²) in [5.41, 5.74) is 0. The minimum absolute atomic E-state index is 0.930. The third-order valence-electron chi connectivity index (χ3n) is 8.05. The van der Waals surface area contributed by atoms with Crippen molar-refractivity contribution >= 4 is 0 Å². The summed E-state index contributed by atoms with van der Waals surface area (Å²) in [5, 5.41) is 104. The van der Waals surface area contributed by atoms with Crippen molar-refractivity contribution in [3.05, 3.63) is 0 Å². The average molecular weight is 603 g/mol. The van der Waals surface area contributed by atoms with Crippen LogP contribution in [-0.2, 0) is 33.2 Å². The van der Waals surface area contributed by atoms with Gasteiger partial charge >= 0.3 is 0 Å². The van der Waals surface area contributed by atoms with E-state index in [1.807, 2.05) is 0 Å². The molecular formula is C24H42O17. The number of aliphatic hydroxyl groups is 10. The van der Waals surface area contributed by atoms with E-state index in [0.29, 0.717) is 0 Å². The van der Waals surface area contributed by atoms with Gasteiger partial charge in [0.05, 0.1) is 24.4 Å². The molecule has 4 aliphatic heterocycles. The molecule has 20 atom stereocenters. The van der Waals surface area contributed by atoms with E-state index in [2.05, 4.69) is 0 Å². The Morgan fingerprint density at radius 1 is 0.341 bits per heavy atom. The maximum absolute atomic E-state index is 11.1. The second kappa shape index (κ2) is 13.1. The third kappa shape index (κ3) is 6.57. The van der Waals surface area contributed by atoms with Gasteiger partial charge in [0.1, 0.15) is 73.2 Å². The summed E-state index contributed by atoms with van der Waals surface area (Å²) in [4.78, 5) is 0. The number of hydrogen-bond acceptors (Lipinski definition) is 17. The van der Waals surface area contributed by atoms with Gasteiger partial charge in [-0.3, -0.25) is 0 Å². The van der Waals surface area contributed by atoms with E-state index in [9.17, 15) is 51.1 Å². The van der Waals surface area contributed by atoms with Crippen molar-refractivity contribution in [2.45, 2.75) is 151 Å². The first-order valence-corrected chi connectivity index (χ1v) is 13.5. The smallest absolute Gasteiger partial charge is 0.187 e. The SMILES string of the molecule is C[C@@H]1O[C@@H](O[C@@H]2[C@@H](O)[C@H](C)O[C@@H](O[C@H]3[C@H](O[C@@H]4[C@H](O)[C@@H](O)[C@H](C)O[C@H]4O)O[C@@H](C)[C@H](O)[C@H]3O)[C@@H]2O)[C@H](O)[C@H](O)[C@H]1O. The van der Waals surface area contributed by atoms with E-state index < -0.39 is 123 Å². The average Bonchev–Trinajstić information content (AvgIpc) is 2.92. The summed E-state index contributed by atoms with van der Waals surface area (Å²) in [6.07, 6.45) is -29.8. The fraction of sp³-hybridized carbons (Fsp3) is 1.00. The number of hydrogen-bond donors (Lipinski definition) is 10. The van der Waals surface area contributed by atoms with Crippen LogP contribution in [0.1, 0.15) is 27.7 Å². The molecule has 17 heteroatoms. The highest BCUT2D eigenvalue weighted by Gasteiger charge is 2.54. The van der Waals surface area contributed by atoms with E-state index in [-0.39, 0.29) is 0 Å². The highest BCUT2D eigenvalue weighted by atomic mass is 16.8. The molecule has 0 aliphatic carbocycles. The van der Waals surface area contributed by atoms with Crippen LogP contribution in [0.2, 0.25) is 0 Å². The Labute approximate surface area is 235 Å². The molecule has 4 rings (SSSR count). The number of ether oxygens (including phenoxy) is 7. The van der Waals surface area contributed by atoms with Crippen LogP contribution in [0, 0.1) is 0 Å².